The normalized spacial score (nSPS) is 10.7. The molecule has 3 heterocycles. The second-order valence-electron chi connectivity index (χ2n) is 5.02. The van der Waals surface area contributed by atoms with E-state index in [1.807, 2.05) is 42.5 Å². The fourth-order valence-corrected chi connectivity index (χ4v) is 3.36. The maximum atomic E-state index is 5.85. The number of methoxy groups -OCH3 is 1. The summed E-state index contributed by atoms with van der Waals surface area (Å²) in [6.07, 6.45) is 4.87. The van der Waals surface area contributed by atoms with Gasteiger partial charge in [0.1, 0.15) is 22.5 Å². The van der Waals surface area contributed by atoms with E-state index in [0.717, 1.165) is 26.4 Å². The summed E-state index contributed by atoms with van der Waals surface area (Å²) >= 11 is 1.60. The van der Waals surface area contributed by atoms with Crippen LogP contribution in [-0.4, -0.2) is 22.1 Å². The lowest BCUT2D eigenvalue weighted by Gasteiger charge is -2.03. The van der Waals surface area contributed by atoms with Gasteiger partial charge >= 0.3 is 0 Å². The predicted molar refractivity (Wildman–Crippen MR) is 93.7 cm³/mol. The summed E-state index contributed by atoms with van der Waals surface area (Å²) < 4.78 is 12.0. The molecule has 0 unspecified atom stereocenters. The van der Waals surface area contributed by atoms with Crippen molar-refractivity contribution in [3.05, 3.63) is 61.2 Å². The molecule has 0 amide bonds. The number of benzene rings is 1. The van der Waals surface area contributed by atoms with Gasteiger partial charge in [-0.15, -0.1) is 11.3 Å². The largest absolute Gasteiger partial charge is 0.497 e. The highest BCUT2D eigenvalue weighted by atomic mass is 32.1. The molecule has 0 fully saturated rings. The molecule has 118 valence electrons. The van der Waals surface area contributed by atoms with Crippen LogP contribution in [0.15, 0.2) is 61.2 Å². The Kier molecular flexibility index (Phi) is 3.80. The fourth-order valence-electron chi connectivity index (χ4n) is 2.32. The maximum absolute atomic E-state index is 5.85. The van der Waals surface area contributed by atoms with Crippen LogP contribution >= 0.6 is 11.3 Å². The molecule has 1 aromatic carbocycles. The molecule has 0 atom stereocenters. The first kappa shape index (κ1) is 14.6. The Hall–Kier alpha value is -2.99. The molecule has 0 saturated carbocycles. The van der Waals surface area contributed by atoms with E-state index < -0.39 is 0 Å². The summed E-state index contributed by atoms with van der Waals surface area (Å²) in [4.78, 5) is 13.8. The monoisotopic (exact) mass is 335 g/mol. The van der Waals surface area contributed by atoms with E-state index in [0.29, 0.717) is 11.6 Å². The van der Waals surface area contributed by atoms with E-state index in [1.165, 1.54) is 6.33 Å². The molecule has 5 nitrogen and oxygen atoms in total. The van der Waals surface area contributed by atoms with Crippen molar-refractivity contribution < 1.29 is 9.47 Å². The average molecular weight is 335 g/mol. The Morgan fingerprint density at radius 3 is 2.62 bits per heavy atom. The highest BCUT2D eigenvalue weighted by Gasteiger charge is 2.12. The van der Waals surface area contributed by atoms with Crippen LogP contribution in [0, 0.1) is 0 Å². The Bertz CT molecular complexity index is 969. The smallest absolute Gasteiger partial charge is 0.240 e. The molecule has 0 bridgehead atoms. The zero-order chi connectivity index (χ0) is 16.4. The molecule has 0 aliphatic rings. The quantitative estimate of drug-likeness (QED) is 0.547. The first-order valence-corrected chi connectivity index (χ1v) is 8.12. The molecule has 0 radical (unpaired) electrons. The third-order valence-electron chi connectivity index (χ3n) is 3.50. The summed E-state index contributed by atoms with van der Waals surface area (Å²) in [5, 5.41) is 0. The predicted octanol–water partition coefficient (Wildman–Crippen LogP) is 4.55. The summed E-state index contributed by atoms with van der Waals surface area (Å²) in [7, 11) is 1.66. The average Bonchev–Trinajstić information content (AvgIpc) is 3.08. The Labute approximate surface area is 142 Å². The number of thiophene rings is 1. The molecule has 0 spiro atoms. The standard InChI is InChI=1S/C18H13N3O2S/c1-22-13-6-4-12(5-7-13)16-9-15-17(24-16)18(21-11-20-15)23-14-3-2-8-19-10-14/h2-11H,1H3. The van der Waals surface area contributed by atoms with Crippen LogP contribution in [0.1, 0.15) is 0 Å². The Morgan fingerprint density at radius 2 is 1.88 bits per heavy atom. The van der Waals surface area contributed by atoms with Gasteiger partial charge in [-0.3, -0.25) is 4.98 Å². The second kappa shape index (κ2) is 6.25. The first-order valence-electron chi connectivity index (χ1n) is 7.30. The van der Waals surface area contributed by atoms with Crippen molar-refractivity contribution in [2.75, 3.05) is 7.11 Å². The van der Waals surface area contributed by atoms with Crippen molar-refractivity contribution in [3.8, 4) is 27.8 Å². The summed E-state index contributed by atoms with van der Waals surface area (Å²) in [6, 6.07) is 13.7. The van der Waals surface area contributed by atoms with Crippen LogP contribution < -0.4 is 9.47 Å². The molecule has 0 N–H and O–H groups in total. The minimum Gasteiger partial charge on any atom is -0.497 e. The third-order valence-corrected chi connectivity index (χ3v) is 4.66. The first-order chi connectivity index (χ1) is 11.8. The minimum atomic E-state index is 0.540. The number of pyridine rings is 1. The van der Waals surface area contributed by atoms with Gasteiger partial charge in [-0.2, -0.15) is 0 Å². The highest BCUT2D eigenvalue weighted by molar-refractivity contribution is 7.22. The minimum absolute atomic E-state index is 0.540. The van der Waals surface area contributed by atoms with Crippen LogP contribution in [0.25, 0.3) is 20.7 Å². The molecule has 0 saturated heterocycles. The lowest BCUT2D eigenvalue weighted by molar-refractivity contribution is 0.415. The summed E-state index contributed by atoms with van der Waals surface area (Å²) in [6.45, 7) is 0. The molecular formula is C18H13N3O2S. The van der Waals surface area contributed by atoms with Gasteiger partial charge in [-0.25, -0.2) is 9.97 Å². The van der Waals surface area contributed by atoms with E-state index in [1.54, 1.807) is 30.8 Å². The van der Waals surface area contributed by atoms with Gasteiger partial charge < -0.3 is 9.47 Å². The third kappa shape index (κ3) is 2.79. The van der Waals surface area contributed by atoms with E-state index in [2.05, 4.69) is 15.0 Å². The Balaban J connectivity index is 1.73. The van der Waals surface area contributed by atoms with E-state index in [-0.39, 0.29) is 0 Å². The van der Waals surface area contributed by atoms with Gasteiger partial charge in [0.2, 0.25) is 5.88 Å². The van der Waals surface area contributed by atoms with Gasteiger partial charge in [0.05, 0.1) is 18.8 Å². The van der Waals surface area contributed by atoms with Crippen LogP contribution in [0.5, 0.6) is 17.4 Å². The number of ether oxygens (including phenoxy) is 2. The van der Waals surface area contributed by atoms with Gasteiger partial charge in [0.15, 0.2) is 0 Å². The van der Waals surface area contributed by atoms with Gasteiger partial charge in [-0.1, -0.05) is 0 Å². The fraction of sp³-hybridized carbons (Fsp3) is 0.0556. The topological polar surface area (TPSA) is 57.1 Å². The van der Waals surface area contributed by atoms with Crippen LogP contribution in [0.4, 0.5) is 0 Å². The molecule has 24 heavy (non-hydrogen) atoms. The zero-order valence-corrected chi connectivity index (χ0v) is 13.7. The molecule has 4 aromatic rings. The molecular weight excluding hydrogens is 322 g/mol. The SMILES string of the molecule is COc1ccc(-c2cc3ncnc(Oc4cccnc4)c3s2)cc1. The van der Waals surface area contributed by atoms with E-state index in [9.17, 15) is 0 Å². The van der Waals surface area contributed by atoms with Crippen LogP contribution in [0.3, 0.4) is 0 Å². The van der Waals surface area contributed by atoms with Gasteiger partial charge in [0, 0.05) is 11.1 Å². The van der Waals surface area contributed by atoms with Gasteiger partial charge in [-0.05, 0) is 48.0 Å². The zero-order valence-electron chi connectivity index (χ0n) is 12.8. The molecule has 0 aliphatic heterocycles. The number of rotatable bonds is 4. The van der Waals surface area contributed by atoms with Crippen LogP contribution in [-0.2, 0) is 0 Å². The molecule has 0 aliphatic carbocycles. The lowest BCUT2D eigenvalue weighted by atomic mass is 10.2. The summed E-state index contributed by atoms with van der Waals surface area (Å²) in [5.74, 6) is 2.02. The number of aromatic nitrogens is 3. The second-order valence-corrected chi connectivity index (χ2v) is 6.08. The van der Waals surface area contributed by atoms with Crippen molar-refractivity contribution in [2.24, 2.45) is 0 Å². The van der Waals surface area contributed by atoms with Crippen molar-refractivity contribution in [3.63, 3.8) is 0 Å². The number of hydrogen-bond acceptors (Lipinski definition) is 6. The number of fused-ring (bicyclic) bond motifs is 1. The van der Waals surface area contributed by atoms with Crippen molar-refractivity contribution >= 4 is 21.6 Å². The van der Waals surface area contributed by atoms with E-state index in [4.69, 9.17) is 9.47 Å². The van der Waals surface area contributed by atoms with E-state index >= 15 is 0 Å². The van der Waals surface area contributed by atoms with Crippen LogP contribution in [0.2, 0.25) is 0 Å². The highest BCUT2D eigenvalue weighted by Crippen LogP contribution is 2.38. The van der Waals surface area contributed by atoms with Gasteiger partial charge in [0.25, 0.3) is 0 Å². The Morgan fingerprint density at radius 1 is 1.00 bits per heavy atom. The maximum Gasteiger partial charge on any atom is 0.240 e. The molecule has 6 heteroatoms. The summed E-state index contributed by atoms with van der Waals surface area (Å²) in [5.41, 5.74) is 1.96. The van der Waals surface area contributed by atoms with Crippen molar-refractivity contribution in [2.45, 2.75) is 0 Å². The number of hydrogen-bond donors (Lipinski definition) is 0. The molecule has 3 aromatic heterocycles. The lowest BCUT2D eigenvalue weighted by Crippen LogP contribution is -1.89. The van der Waals surface area contributed by atoms with Crippen molar-refractivity contribution in [1.82, 2.24) is 15.0 Å². The van der Waals surface area contributed by atoms with Crippen molar-refractivity contribution in [1.29, 1.82) is 0 Å². The molecule has 4 rings (SSSR count). The number of nitrogens with zero attached hydrogens (tertiary/aromatic N) is 3.